The molecular weight excluding hydrogens is 180 g/mol. The van der Waals surface area contributed by atoms with Crippen molar-refractivity contribution in [1.82, 2.24) is 0 Å². The summed E-state index contributed by atoms with van der Waals surface area (Å²) in [4.78, 5) is 28.4. The lowest BCUT2D eigenvalue weighted by Gasteiger charge is -1.74. The zero-order valence-electron chi connectivity index (χ0n) is 6.51. The Morgan fingerprint density at radius 2 is 1.08 bits per heavy atom. The molecular formula is C7H8O6. The van der Waals surface area contributed by atoms with Crippen molar-refractivity contribution in [1.29, 1.82) is 0 Å². The van der Waals surface area contributed by atoms with E-state index in [0.717, 1.165) is 6.08 Å². The van der Waals surface area contributed by atoms with Gasteiger partial charge in [-0.3, -0.25) is 0 Å². The number of hydrogen-bond acceptors (Lipinski definition) is 3. The highest BCUT2D eigenvalue weighted by molar-refractivity contribution is 5.89. The van der Waals surface area contributed by atoms with Gasteiger partial charge in [-0.1, -0.05) is 6.58 Å². The summed E-state index contributed by atoms with van der Waals surface area (Å²) >= 11 is 0. The molecule has 6 heteroatoms. The van der Waals surface area contributed by atoms with Crippen molar-refractivity contribution in [3.05, 3.63) is 24.8 Å². The van der Waals surface area contributed by atoms with Gasteiger partial charge in [0.1, 0.15) is 0 Å². The minimum Gasteiger partial charge on any atom is -0.478 e. The highest BCUT2D eigenvalue weighted by atomic mass is 16.4. The number of hydrogen-bond donors (Lipinski definition) is 3. The molecule has 0 aliphatic carbocycles. The molecule has 0 heterocycles. The maximum Gasteiger partial charge on any atom is 0.328 e. The molecule has 0 rings (SSSR count). The lowest BCUT2D eigenvalue weighted by Crippen LogP contribution is -1.91. The van der Waals surface area contributed by atoms with E-state index >= 15 is 0 Å². The quantitative estimate of drug-likeness (QED) is 0.536. The van der Waals surface area contributed by atoms with Gasteiger partial charge in [-0.05, 0) is 0 Å². The first kappa shape index (κ1) is 13.5. The fourth-order valence-corrected chi connectivity index (χ4v) is 0.143. The van der Waals surface area contributed by atoms with E-state index < -0.39 is 17.9 Å². The number of rotatable bonds is 3. The Morgan fingerprint density at radius 3 is 1.15 bits per heavy atom. The van der Waals surface area contributed by atoms with Crippen molar-refractivity contribution in [2.24, 2.45) is 0 Å². The van der Waals surface area contributed by atoms with Crippen molar-refractivity contribution in [2.45, 2.75) is 0 Å². The molecule has 0 aliphatic heterocycles. The van der Waals surface area contributed by atoms with Crippen LogP contribution in [0.25, 0.3) is 0 Å². The van der Waals surface area contributed by atoms with Crippen molar-refractivity contribution in [3.63, 3.8) is 0 Å². The Bertz CT molecular complexity index is 223. The van der Waals surface area contributed by atoms with Gasteiger partial charge in [0.25, 0.3) is 0 Å². The molecule has 13 heavy (non-hydrogen) atoms. The predicted octanol–water partition coefficient (Wildman–Crippen LogP) is -0.0312. The smallest absolute Gasteiger partial charge is 0.328 e. The van der Waals surface area contributed by atoms with Crippen LogP contribution in [0.1, 0.15) is 0 Å². The normalized spacial score (nSPS) is 8.31. The summed E-state index contributed by atoms with van der Waals surface area (Å²) in [6, 6.07) is 0. The van der Waals surface area contributed by atoms with E-state index in [0.29, 0.717) is 12.2 Å². The topological polar surface area (TPSA) is 112 Å². The minimum atomic E-state index is -1.26. The zero-order chi connectivity index (χ0) is 10.9. The molecule has 0 saturated carbocycles. The summed E-state index contributed by atoms with van der Waals surface area (Å²) in [6.07, 6.45) is 1.95. The first-order valence-corrected chi connectivity index (χ1v) is 2.89. The van der Waals surface area contributed by atoms with E-state index in [4.69, 9.17) is 15.3 Å². The SMILES string of the molecule is C=CC(=O)O.O=C(O)C=CC(=O)O. The number of carboxylic acids is 3. The van der Waals surface area contributed by atoms with Crippen molar-refractivity contribution in [2.75, 3.05) is 0 Å². The van der Waals surface area contributed by atoms with Gasteiger partial charge < -0.3 is 15.3 Å². The number of carbonyl (C=O) groups is 3. The van der Waals surface area contributed by atoms with Crippen LogP contribution in [0.2, 0.25) is 0 Å². The van der Waals surface area contributed by atoms with Crippen LogP contribution >= 0.6 is 0 Å². The molecule has 0 fully saturated rings. The molecule has 0 aliphatic rings. The third kappa shape index (κ3) is 25.7. The van der Waals surface area contributed by atoms with E-state index in [-0.39, 0.29) is 0 Å². The van der Waals surface area contributed by atoms with Crippen molar-refractivity contribution >= 4 is 17.9 Å². The van der Waals surface area contributed by atoms with Gasteiger partial charge in [-0.25, -0.2) is 14.4 Å². The summed E-state index contributed by atoms with van der Waals surface area (Å²) in [5.41, 5.74) is 0. The molecule has 0 bridgehead atoms. The first-order valence-electron chi connectivity index (χ1n) is 2.89. The second-order valence-electron chi connectivity index (χ2n) is 1.55. The molecule has 0 saturated heterocycles. The molecule has 0 spiro atoms. The standard InChI is InChI=1S/C4H4O4.C3H4O2/c5-3(6)1-2-4(7)8;1-2-3(4)5/h1-2H,(H,5,6)(H,7,8);2H,1H2,(H,4,5). The van der Waals surface area contributed by atoms with Crippen LogP contribution in [0.3, 0.4) is 0 Å². The third-order valence-corrected chi connectivity index (χ3v) is 0.543. The molecule has 0 aromatic heterocycles. The Labute approximate surface area is 73.4 Å². The van der Waals surface area contributed by atoms with Crippen LogP contribution < -0.4 is 0 Å². The van der Waals surface area contributed by atoms with Gasteiger partial charge in [0.2, 0.25) is 0 Å². The Morgan fingerprint density at radius 1 is 0.846 bits per heavy atom. The minimum absolute atomic E-state index is 0.558. The summed E-state index contributed by atoms with van der Waals surface area (Å²) in [5, 5.41) is 23.2. The molecule has 0 atom stereocenters. The van der Waals surface area contributed by atoms with Crippen molar-refractivity contribution < 1.29 is 29.7 Å². The molecule has 72 valence electrons. The molecule has 3 N–H and O–H groups in total. The number of carboxylic acid groups (broad SMARTS) is 3. The van der Waals surface area contributed by atoms with Gasteiger partial charge in [-0.15, -0.1) is 0 Å². The molecule has 0 radical (unpaired) electrons. The van der Waals surface area contributed by atoms with Crippen LogP contribution in [0, 0.1) is 0 Å². The number of aliphatic carboxylic acids is 3. The van der Waals surface area contributed by atoms with Crippen LogP contribution in [-0.2, 0) is 14.4 Å². The highest BCUT2D eigenvalue weighted by Crippen LogP contribution is 1.70. The molecule has 0 aromatic carbocycles. The summed E-state index contributed by atoms with van der Waals surface area (Å²) in [6.45, 7) is 2.96. The predicted molar refractivity (Wildman–Crippen MR) is 42.2 cm³/mol. The van der Waals surface area contributed by atoms with Crippen LogP contribution in [-0.4, -0.2) is 33.2 Å². The molecule has 0 unspecified atom stereocenters. The van der Waals surface area contributed by atoms with Crippen LogP contribution in [0.15, 0.2) is 24.8 Å². The Kier molecular flexibility index (Phi) is 8.28. The Balaban J connectivity index is 0. The van der Waals surface area contributed by atoms with E-state index in [1.54, 1.807) is 0 Å². The summed E-state index contributed by atoms with van der Waals surface area (Å²) < 4.78 is 0. The summed E-state index contributed by atoms with van der Waals surface area (Å²) in [7, 11) is 0. The first-order chi connectivity index (χ1) is 5.90. The molecule has 0 aromatic rings. The lowest BCUT2D eigenvalue weighted by atomic mass is 10.5. The Hall–Kier alpha value is -2.11. The van der Waals surface area contributed by atoms with Gasteiger partial charge >= 0.3 is 17.9 Å². The van der Waals surface area contributed by atoms with Crippen LogP contribution in [0.4, 0.5) is 0 Å². The third-order valence-electron chi connectivity index (χ3n) is 0.543. The average molecular weight is 188 g/mol. The van der Waals surface area contributed by atoms with E-state index in [9.17, 15) is 14.4 Å². The second kappa shape index (κ2) is 7.99. The van der Waals surface area contributed by atoms with E-state index in [1.165, 1.54) is 0 Å². The van der Waals surface area contributed by atoms with Gasteiger partial charge in [0.05, 0.1) is 0 Å². The van der Waals surface area contributed by atoms with E-state index in [2.05, 4.69) is 6.58 Å². The summed E-state index contributed by atoms with van der Waals surface area (Å²) in [5.74, 6) is -3.50. The maximum absolute atomic E-state index is 9.55. The van der Waals surface area contributed by atoms with Crippen molar-refractivity contribution in [3.8, 4) is 0 Å². The lowest BCUT2D eigenvalue weighted by molar-refractivity contribution is -0.134. The monoisotopic (exact) mass is 188 g/mol. The second-order valence-corrected chi connectivity index (χ2v) is 1.55. The highest BCUT2D eigenvalue weighted by Gasteiger charge is 1.88. The van der Waals surface area contributed by atoms with Gasteiger partial charge in [0, 0.05) is 18.2 Å². The average Bonchev–Trinajstić information content (AvgIpc) is 2.02. The van der Waals surface area contributed by atoms with Gasteiger partial charge in [0.15, 0.2) is 0 Å². The van der Waals surface area contributed by atoms with E-state index in [1.807, 2.05) is 0 Å². The fraction of sp³-hybridized carbons (Fsp3) is 0. The molecule has 6 nitrogen and oxygen atoms in total. The zero-order valence-corrected chi connectivity index (χ0v) is 6.51. The van der Waals surface area contributed by atoms with Crippen LogP contribution in [0.5, 0.6) is 0 Å². The maximum atomic E-state index is 9.55. The largest absolute Gasteiger partial charge is 0.478 e. The fourth-order valence-electron chi connectivity index (χ4n) is 0.143. The van der Waals surface area contributed by atoms with Gasteiger partial charge in [-0.2, -0.15) is 0 Å². The molecule has 0 amide bonds.